The van der Waals surface area contributed by atoms with E-state index in [1.165, 1.54) is 40.8 Å². The first kappa shape index (κ1) is 16.0. The zero-order valence-corrected chi connectivity index (χ0v) is 16.1. The normalized spacial score (nSPS) is 13.9. The van der Waals surface area contributed by atoms with E-state index in [0.717, 1.165) is 28.0 Å². The molecule has 26 heavy (non-hydrogen) atoms. The largest absolute Gasteiger partial charge is 0.486 e. The number of aromatic nitrogens is 4. The molecule has 0 saturated carbocycles. The number of ether oxygens (including phenoxy) is 1. The number of hydrogen-bond donors (Lipinski definition) is 0. The van der Waals surface area contributed by atoms with Crippen LogP contribution in [-0.2, 0) is 19.4 Å². The summed E-state index contributed by atoms with van der Waals surface area (Å²) in [5, 5.41) is 16.6. The highest BCUT2D eigenvalue weighted by molar-refractivity contribution is 7.20. The average molecular weight is 383 g/mol. The molecule has 0 spiro atoms. The van der Waals surface area contributed by atoms with Crippen molar-refractivity contribution >= 4 is 27.6 Å². The van der Waals surface area contributed by atoms with E-state index in [-0.39, 0.29) is 0 Å². The second-order valence-electron chi connectivity index (χ2n) is 6.58. The second kappa shape index (κ2) is 6.48. The Balaban J connectivity index is 1.43. The van der Waals surface area contributed by atoms with E-state index in [1.807, 2.05) is 34.1 Å². The lowest BCUT2D eigenvalue weighted by atomic mass is 9.96. The fourth-order valence-corrected chi connectivity index (χ4v) is 5.49. The third kappa shape index (κ3) is 2.81. The highest BCUT2D eigenvalue weighted by atomic mass is 32.1. The smallest absolute Gasteiger partial charge is 0.235 e. The van der Waals surface area contributed by atoms with Crippen molar-refractivity contribution < 1.29 is 4.74 Å². The van der Waals surface area contributed by atoms with E-state index in [1.54, 1.807) is 11.3 Å². The molecular formula is C19H18N4OS2. The molecule has 1 aromatic carbocycles. The molecule has 0 atom stereocenters. The van der Waals surface area contributed by atoms with Gasteiger partial charge in [-0.15, -0.1) is 21.5 Å². The maximum Gasteiger partial charge on any atom is 0.235 e. The molecule has 7 heteroatoms. The molecular weight excluding hydrogens is 364 g/mol. The van der Waals surface area contributed by atoms with E-state index in [0.29, 0.717) is 6.61 Å². The van der Waals surface area contributed by atoms with Crippen molar-refractivity contribution in [1.29, 1.82) is 0 Å². The molecule has 3 aromatic heterocycles. The van der Waals surface area contributed by atoms with Gasteiger partial charge >= 0.3 is 0 Å². The van der Waals surface area contributed by atoms with E-state index in [4.69, 9.17) is 9.84 Å². The highest BCUT2D eigenvalue weighted by Crippen LogP contribution is 2.38. The van der Waals surface area contributed by atoms with Crippen LogP contribution in [0, 0.1) is 6.92 Å². The fraction of sp³-hybridized carbons (Fsp3) is 0.316. The molecule has 0 N–H and O–H groups in total. The Morgan fingerprint density at radius 2 is 2.12 bits per heavy atom. The van der Waals surface area contributed by atoms with Gasteiger partial charge in [0.25, 0.3) is 0 Å². The first-order chi connectivity index (χ1) is 12.8. The fourth-order valence-electron chi connectivity index (χ4n) is 3.38. The van der Waals surface area contributed by atoms with Gasteiger partial charge in [0, 0.05) is 15.8 Å². The van der Waals surface area contributed by atoms with Crippen molar-refractivity contribution in [3.8, 4) is 16.3 Å². The van der Waals surface area contributed by atoms with Gasteiger partial charge in [-0.3, -0.25) is 0 Å². The van der Waals surface area contributed by atoms with Crippen LogP contribution >= 0.6 is 22.7 Å². The summed E-state index contributed by atoms with van der Waals surface area (Å²) >= 11 is 3.47. The summed E-state index contributed by atoms with van der Waals surface area (Å²) in [4.78, 5) is 2.35. The van der Waals surface area contributed by atoms with Crippen LogP contribution in [0.4, 0.5) is 0 Å². The molecule has 132 valence electrons. The van der Waals surface area contributed by atoms with Crippen LogP contribution in [0.5, 0.6) is 5.75 Å². The summed E-state index contributed by atoms with van der Waals surface area (Å²) in [6.07, 6.45) is 4.95. The molecule has 5 rings (SSSR count). The predicted molar refractivity (Wildman–Crippen MR) is 104 cm³/mol. The number of aryl methyl sites for hydroxylation is 2. The molecule has 3 heterocycles. The molecule has 0 aliphatic heterocycles. The van der Waals surface area contributed by atoms with Crippen molar-refractivity contribution in [3.05, 3.63) is 51.5 Å². The van der Waals surface area contributed by atoms with Crippen LogP contribution in [0.15, 0.2) is 29.6 Å². The monoisotopic (exact) mass is 382 g/mol. The molecule has 5 nitrogen and oxygen atoms in total. The van der Waals surface area contributed by atoms with Crippen LogP contribution in [0.1, 0.15) is 34.7 Å². The number of hydrogen-bond acceptors (Lipinski definition) is 6. The highest BCUT2D eigenvalue weighted by Gasteiger charge is 2.20. The van der Waals surface area contributed by atoms with Gasteiger partial charge in [-0.1, -0.05) is 23.5 Å². The van der Waals surface area contributed by atoms with Gasteiger partial charge in [-0.2, -0.15) is 9.61 Å². The SMILES string of the molecule is Cc1cccc(OCc2nnc3sc(-c4csc5c4CCCC5)nn23)c1. The first-order valence-electron chi connectivity index (χ1n) is 8.78. The zero-order chi connectivity index (χ0) is 17.5. The summed E-state index contributed by atoms with van der Waals surface area (Å²) in [6, 6.07) is 8.01. The van der Waals surface area contributed by atoms with Gasteiger partial charge in [-0.05, 0) is 55.9 Å². The van der Waals surface area contributed by atoms with Crippen molar-refractivity contribution in [1.82, 2.24) is 19.8 Å². The molecule has 0 bridgehead atoms. The summed E-state index contributed by atoms with van der Waals surface area (Å²) in [7, 11) is 0. The van der Waals surface area contributed by atoms with Gasteiger partial charge in [0.15, 0.2) is 5.82 Å². The standard InChI is InChI=1S/C19H18N4OS2/c1-12-5-4-6-13(9-12)24-10-17-20-21-19-23(17)22-18(26-19)15-11-25-16-8-3-2-7-14(15)16/h4-6,9,11H,2-3,7-8,10H2,1H3. The van der Waals surface area contributed by atoms with E-state index in [2.05, 4.69) is 28.6 Å². The lowest BCUT2D eigenvalue weighted by Gasteiger charge is -2.11. The van der Waals surface area contributed by atoms with Crippen LogP contribution < -0.4 is 4.74 Å². The van der Waals surface area contributed by atoms with Crippen molar-refractivity contribution in [3.63, 3.8) is 0 Å². The molecule has 0 unspecified atom stereocenters. The predicted octanol–water partition coefficient (Wildman–Crippen LogP) is 4.68. The molecule has 0 saturated heterocycles. The Bertz CT molecular complexity index is 1080. The van der Waals surface area contributed by atoms with Crippen LogP contribution in [0.3, 0.4) is 0 Å². The number of benzene rings is 1. The Morgan fingerprint density at radius 1 is 1.19 bits per heavy atom. The van der Waals surface area contributed by atoms with Crippen molar-refractivity contribution in [2.45, 2.75) is 39.2 Å². The number of thiophene rings is 1. The van der Waals surface area contributed by atoms with Gasteiger partial charge in [-0.25, -0.2) is 0 Å². The average Bonchev–Trinajstić information content (AvgIpc) is 3.34. The Labute approximate surface area is 159 Å². The quantitative estimate of drug-likeness (QED) is 0.514. The number of fused-ring (bicyclic) bond motifs is 2. The van der Waals surface area contributed by atoms with Crippen LogP contribution in [-0.4, -0.2) is 19.8 Å². The molecule has 0 amide bonds. The maximum atomic E-state index is 5.87. The molecule has 4 aromatic rings. The van der Waals surface area contributed by atoms with Gasteiger partial charge in [0.1, 0.15) is 17.4 Å². The summed E-state index contributed by atoms with van der Waals surface area (Å²) in [5.41, 5.74) is 3.95. The van der Waals surface area contributed by atoms with Gasteiger partial charge in [0.2, 0.25) is 4.96 Å². The number of nitrogens with zero attached hydrogens (tertiary/aromatic N) is 4. The minimum Gasteiger partial charge on any atom is -0.486 e. The maximum absolute atomic E-state index is 5.87. The minimum absolute atomic E-state index is 0.357. The van der Waals surface area contributed by atoms with Crippen molar-refractivity contribution in [2.24, 2.45) is 0 Å². The topological polar surface area (TPSA) is 52.3 Å². The summed E-state index contributed by atoms with van der Waals surface area (Å²) in [6.45, 7) is 2.41. The Hall–Kier alpha value is -2.25. The van der Waals surface area contributed by atoms with E-state index < -0.39 is 0 Å². The van der Waals surface area contributed by atoms with E-state index in [9.17, 15) is 0 Å². The van der Waals surface area contributed by atoms with E-state index >= 15 is 0 Å². The van der Waals surface area contributed by atoms with Crippen molar-refractivity contribution in [2.75, 3.05) is 0 Å². The minimum atomic E-state index is 0.357. The zero-order valence-electron chi connectivity index (χ0n) is 14.4. The molecule has 1 aliphatic carbocycles. The van der Waals surface area contributed by atoms with Gasteiger partial charge in [0.05, 0.1) is 0 Å². The van der Waals surface area contributed by atoms with Crippen LogP contribution in [0.25, 0.3) is 15.5 Å². The molecule has 1 aliphatic rings. The second-order valence-corrected chi connectivity index (χ2v) is 8.50. The lowest BCUT2D eigenvalue weighted by Crippen LogP contribution is -2.03. The molecule has 0 fully saturated rings. The van der Waals surface area contributed by atoms with Crippen LogP contribution in [0.2, 0.25) is 0 Å². The molecule has 0 radical (unpaired) electrons. The Morgan fingerprint density at radius 3 is 3.04 bits per heavy atom. The third-order valence-corrected chi connectivity index (χ3v) is 6.73. The van der Waals surface area contributed by atoms with Gasteiger partial charge < -0.3 is 4.74 Å². The third-order valence-electron chi connectivity index (χ3n) is 4.70. The number of rotatable bonds is 4. The lowest BCUT2D eigenvalue weighted by molar-refractivity contribution is 0.292. The summed E-state index contributed by atoms with van der Waals surface area (Å²) < 4.78 is 7.70. The summed E-state index contributed by atoms with van der Waals surface area (Å²) in [5.74, 6) is 1.57. The Kier molecular flexibility index (Phi) is 3.98. The first-order valence-corrected chi connectivity index (χ1v) is 10.5.